The number of hydrogen-bond acceptors (Lipinski definition) is 3. The first kappa shape index (κ1) is 15.9. The molecule has 2 aromatic rings. The molecular weight excluding hydrogens is 303 g/mol. The maximum atomic E-state index is 12.8. The predicted molar refractivity (Wildman–Crippen MR) is 87.5 cm³/mol. The molecule has 2 aromatic carbocycles. The number of carbonyl (C=O) groups is 1. The van der Waals surface area contributed by atoms with E-state index in [1.165, 1.54) is 24.3 Å². The van der Waals surface area contributed by atoms with Gasteiger partial charge in [0, 0.05) is 5.69 Å². The van der Waals surface area contributed by atoms with E-state index in [4.69, 9.17) is 17.0 Å². The summed E-state index contributed by atoms with van der Waals surface area (Å²) < 4.78 is 17.8. The average Bonchev–Trinajstić information content (AvgIpc) is 2.50. The largest absolute Gasteiger partial charge is 0.497 e. The summed E-state index contributed by atoms with van der Waals surface area (Å²) in [4.78, 5) is 11.9. The summed E-state index contributed by atoms with van der Waals surface area (Å²) in [6.07, 6.45) is 0.204. The number of carbonyl (C=O) groups excluding carboxylic acids is 1. The van der Waals surface area contributed by atoms with E-state index < -0.39 is 0 Å². The molecule has 0 saturated heterocycles. The second-order valence-electron chi connectivity index (χ2n) is 4.53. The van der Waals surface area contributed by atoms with Crippen molar-refractivity contribution in [1.82, 2.24) is 5.32 Å². The van der Waals surface area contributed by atoms with Crippen molar-refractivity contribution in [1.29, 1.82) is 0 Å². The Morgan fingerprint density at radius 3 is 2.36 bits per heavy atom. The Hall–Kier alpha value is -2.47. The highest BCUT2D eigenvalue weighted by Gasteiger charge is 2.06. The molecule has 114 valence electrons. The highest BCUT2D eigenvalue weighted by molar-refractivity contribution is 7.80. The number of ether oxygens (including phenoxy) is 1. The molecular formula is C16H15FN2O2S. The van der Waals surface area contributed by atoms with Crippen molar-refractivity contribution in [2.45, 2.75) is 6.42 Å². The van der Waals surface area contributed by atoms with Gasteiger partial charge in [0.05, 0.1) is 13.5 Å². The molecule has 0 aromatic heterocycles. The second kappa shape index (κ2) is 7.51. The van der Waals surface area contributed by atoms with Crippen LogP contribution < -0.4 is 15.4 Å². The van der Waals surface area contributed by atoms with Crippen molar-refractivity contribution in [2.24, 2.45) is 0 Å². The summed E-state index contributed by atoms with van der Waals surface area (Å²) in [6.45, 7) is 0. The number of benzene rings is 2. The lowest BCUT2D eigenvalue weighted by atomic mass is 10.1. The van der Waals surface area contributed by atoms with Gasteiger partial charge in [-0.3, -0.25) is 4.79 Å². The second-order valence-corrected chi connectivity index (χ2v) is 4.94. The minimum atomic E-state index is -0.333. The summed E-state index contributed by atoms with van der Waals surface area (Å²) in [7, 11) is 1.58. The van der Waals surface area contributed by atoms with Gasteiger partial charge in [0.1, 0.15) is 11.6 Å². The Bertz CT molecular complexity index is 657. The number of halogens is 1. The minimum Gasteiger partial charge on any atom is -0.497 e. The van der Waals surface area contributed by atoms with Crippen LogP contribution in [0.2, 0.25) is 0 Å². The van der Waals surface area contributed by atoms with E-state index in [9.17, 15) is 9.18 Å². The van der Waals surface area contributed by atoms with Crippen LogP contribution >= 0.6 is 12.2 Å². The van der Waals surface area contributed by atoms with Gasteiger partial charge in [-0.05, 0) is 54.2 Å². The van der Waals surface area contributed by atoms with E-state index in [1.807, 2.05) is 12.1 Å². The van der Waals surface area contributed by atoms with E-state index in [2.05, 4.69) is 10.6 Å². The van der Waals surface area contributed by atoms with Crippen molar-refractivity contribution in [3.8, 4) is 5.75 Å². The molecule has 0 spiro atoms. The van der Waals surface area contributed by atoms with Gasteiger partial charge < -0.3 is 15.4 Å². The van der Waals surface area contributed by atoms with E-state index in [0.717, 1.165) is 11.3 Å². The van der Waals surface area contributed by atoms with Gasteiger partial charge >= 0.3 is 0 Å². The first-order valence-electron chi connectivity index (χ1n) is 6.56. The average molecular weight is 318 g/mol. The minimum absolute atomic E-state index is 0.171. The number of anilines is 1. The molecule has 2 N–H and O–H groups in total. The fraction of sp³-hybridized carbons (Fsp3) is 0.125. The maximum absolute atomic E-state index is 12.8. The Labute approximate surface area is 133 Å². The highest BCUT2D eigenvalue weighted by Crippen LogP contribution is 2.12. The van der Waals surface area contributed by atoms with E-state index in [0.29, 0.717) is 5.69 Å². The lowest BCUT2D eigenvalue weighted by Crippen LogP contribution is -2.35. The molecule has 0 saturated carbocycles. The Balaban J connectivity index is 1.85. The summed E-state index contributed by atoms with van der Waals surface area (Å²) in [5.74, 6) is 0.169. The van der Waals surface area contributed by atoms with Crippen LogP contribution in [-0.4, -0.2) is 18.1 Å². The molecule has 0 radical (unpaired) electrons. The number of thiocarbonyl (C=S) groups is 1. The van der Waals surface area contributed by atoms with Gasteiger partial charge in [-0.25, -0.2) is 4.39 Å². The standard InChI is InChI=1S/C16H15FN2O2S/c1-21-14-8-2-11(3-9-14)10-15(20)19-16(22)18-13-6-4-12(17)5-7-13/h2-9H,10H2,1H3,(H2,18,19,20,22). The number of rotatable bonds is 4. The van der Waals surface area contributed by atoms with Crippen molar-refractivity contribution < 1.29 is 13.9 Å². The van der Waals surface area contributed by atoms with Gasteiger partial charge in [-0.1, -0.05) is 12.1 Å². The number of amides is 1. The third-order valence-electron chi connectivity index (χ3n) is 2.88. The van der Waals surface area contributed by atoms with Crippen LogP contribution in [0.3, 0.4) is 0 Å². The fourth-order valence-electron chi connectivity index (χ4n) is 1.80. The molecule has 4 nitrogen and oxygen atoms in total. The van der Waals surface area contributed by atoms with Crippen LogP contribution in [0.15, 0.2) is 48.5 Å². The van der Waals surface area contributed by atoms with Crippen LogP contribution in [0.5, 0.6) is 5.75 Å². The highest BCUT2D eigenvalue weighted by atomic mass is 32.1. The quantitative estimate of drug-likeness (QED) is 0.851. The molecule has 0 bridgehead atoms. The van der Waals surface area contributed by atoms with E-state index >= 15 is 0 Å². The molecule has 0 aliphatic carbocycles. The summed E-state index contributed by atoms with van der Waals surface area (Å²) in [5.41, 5.74) is 1.46. The first-order chi connectivity index (χ1) is 10.6. The van der Waals surface area contributed by atoms with Crippen LogP contribution in [0.1, 0.15) is 5.56 Å². The maximum Gasteiger partial charge on any atom is 0.230 e. The Morgan fingerprint density at radius 2 is 1.77 bits per heavy atom. The van der Waals surface area contributed by atoms with Crippen LogP contribution in [0.25, 0.3) is 0 Å². The topological polar surface area (TPSA) is 50.4 Å². The smallest absolute Gasteiger partial charge is 0.230 e. The van der Waals surface area contributed by atoms with Crippen LogP contribution in [-0.2, 0) is 11.2 Å². The normalized spacial score (nSPS) is 9.91. The van der Waals surface area contributed by atoms with Crippen molar-refractivity contribution >= 4 is 28.9 Å². The summed E-state index contributed by atoms with van der Waals surface area (Å²) in [5, 5.41) is 5.56. The number of hydrogen-bond donors (Lipinski definition) is 2. The van der Waals surface area contributed by atoms with Gasteiger partial charge in [0.15, 0.2) is 5.11 Å². The molecule has 1 amide bonds. The SMILES string of the molecule is COc1ccc(CC(=O)NC(=S)Nc2ccc(F)cc2)cc1. The monoisotopic (exact) mass is 318 g/mol. The zero-order chi connectivity index (χ0) is 15.9. The van der Waals surface area contributed by atoms with E-state index in [1.54, 1.807) is 19.2 Å². The lowest BCUT2D eigenvalue weighted by Gasteiger charge is -2.09. The predicted octanol–water partition coefficient (Wildman–Crippen LogP) is 2.89. The molecule has 0 aliphatic heterocycles. The van der Waals surface area contributed by atoms with Crippen LogP contribution in [0.4, 0.5) is 10.1 Å². The molecule has 0 aliphatic rings. The molecule has 0 unspecified atom stereocenters. The van der Waals surface area contributed by atoms with Crippen molar-refractivity contribution in [3.05, 3.63) is 59.9 Å². The number of methoxy groups -OCH3 is 1. The summed E-state index contributed by atoms with van der Waals surface area (Å²) >= 11 is 5.04. The van der Waals surface area contributed by atoms with Crippen molar-refractivity contribution in [2.75, 3.05) is 12.4 Å². The van der Waals surface area contributed by atoms with Gasteiger partial charge in [0.2, 0.25) is 5.91 Å². The molecule has 6 heteroatoms. The Morgan fingerprint density at radius 1 is 1.14 bits per heavy atom. The molecule has 0 fully saturated rings. The molecule has 2 rings (SSSR count). The number of nitrogens with one attached hydrogen (secondary N) is 2. The third-order valence-corrected chi connectivity index (χ3v) is 3.08. The zero-order valence-electron chi connectivity index (χ0n) is 11.9. The zero-order valence-corrected chi connectivity index (χ0v) is 12.7. The van der Waals surface area contributed by atoms with Crippen molar-refractivity contribution in [3.63, 3.8) is 0 Å². The molecule has 22 heavy (non-hydrogen) atoms. The molecule has 0 heterocycles. The van der Waals surface area contributed by atoms with Gasteiger partial charge in [-0.2, -0.15) is 0 Å². The fourth-order valence-corrected chi connectivity index (χ4v) is 2.03. The van der Waals surface area contributed by atoms with E-state index in [-0.39, 0.29) is 23.3 Å². The third kappa shape index (κ3) is 4.82. The Kier molecular flexibility index (Phi) is 5.43. The first-order valence-corrected chi connectivity index (χ1v) is 6.97. The van der Waals surface area contributed by atoms with Gasteiger partial charge in [0.25, 0.3) is 0 Å². The lowest BCUT2D eigenvalue weighted by molar-refractivity contribution is -0.119. The van der Waals surface area contributed by atoms with Gasteiger partial charge in [-0.15, -0.1) is 0 Å². The summed E-state index contributed by atoms with van der Waals surface area (Å²) in [6, 6.07) is 12.9. The van der Waals surface area contributed by atoms with Crippen LogP contribution in [0, 0.1) is 5.82 Å². The molecule has 0 atom stereocenters.